The topological polar surface area (TPSA) is 91.4 Å². The van der Waals surface area contributed by atoms with Crippen molar-refractivity contribution in [3.05, 3.63) is 78.9 Å². The van der Waals surface area contributed by atoms with Crippen LogP contribution in [-0.2, 0) is 0 Å². The van der Waals surface area contributed by atoms with Crippen molar-refractivity contribution in [1.82, 2.24) is 4.98 Å². The quantitative estimate of drug-likeness (QED) is 0.284. The molecular weight excluding hydrogens is 342 g/mol. The number of amidine groups is 2. The van der Waals surface area contributed by atoms with E-state index in [1.807, 2.05) is 68.0 Å². The van der Waals surface area contributed by atoms with Gasteiger partial charge in [-0.3, -0.25) is 14.8 Å². The summed E-state index contributed by atoms with van der Waals surface area (Å²) in [6, 6.07) is 3.64. The SMILES string of the molecule is C[NH+]1C=CC=C/C1=N\N=C(\N=NC1C=CC=C[NH+]1CCO)c1ccncc1. The van der Waals surface area contributed by atoms with Crippen molar-refractivity contribution in [3.8, 4) is 0 Å². The van der Waals surface area contributed by atoms with Gasteiger partial charge in [-0.25, -0.2) is 0 Å². The fourth-order valence-electron chi connectivity index (χ4n) is 2.57. The van der Waals surface area contributed by atoms with Crippen molar-refractivity contribution < 1.29 is 14.9 Å². The van der Waals surface area contributed by atoms with Crippen LogP contribution in [0.25, 0.3) is 0 Å². The molecule has 8 heteroatoms. The lowest BCUT2D eigenvalue weighted by Crippen LogP contribution is -3.11. The van der Waals surface area contributed by atoms with Crippen LogP contribution >= 0.6 is 0 Å². The Balaban J connectivity index is 1.87. The summed E-state index contributed by atoms with van der Waals surface area (Å²) in [6.45, 7) is 0.632. The molecule has 3 N–H and O–H groups in total. The Kier molecular flexibility index (Phi) is 6.64. The number of rotatable bonds is 5. The second-order valence-electron chi connectivity index (χ2n) is 6.00. The Labute approximate surface area is 158 Å². The zero-order chi connectivity index (χ0) is 18.9. The molecule has 0 fully saturated rings. The summed E-state index contributed by atoms with van der Waals surface area (Å²) in [5.41, 5.74) is 0.783. The highest BCUT2D eigenvalue weighted by molar-refractivity contribution is 5.99. The number of quaternary nitrogens is 2. The molecule has 3 atom stereocenters. The standard InChI is InChI=1S/C19H21N7O/c1-25-12-4-2-6-17(25)21-23-19(16-8-10-20-11-9-16)24-22-18-7-3-5-13-26(18)14-15-27/h2-13,18,27H,14-15H2,1H3/p+2/b21-17+,23-19+,24-22?. The molecule has 0 radical (unpaired) electrons. The lowest BCUT2D eigenvalue weighted by molar-refractivity contribution is -0.867. The zero-order valence-electron chi connectivity index (χ0n) is 15.1. The van der Waals surface area contributed by atoms with Crippen LogP contribution < -0.4 is 9.80 Å². The summed E-state index contributed by atoms with van der Waals surface area (Å²) in [5, 5.41) is 26.7. The number of aliphatic hydroxyl groups excluding tert-OH is 1. The molecular formula is C19H23N7O+2. The Morgan fingerprint density at radius 3 is 2.74 bits per heavy atom. The minimum Gasteiger partial charge on any atom is -0.390 e. The largest absolute Gasteiger partial charge is 0.390 e. The Hall–Kier alpha value is -3.07. The molecule has 2 aliphatic rings. The van der Waals surface area contributed by atoms with Gasteiger partial charge in [0.25, 0.3) is 0 Å². The van der Waals surface area contributed by atoms with Crippen molar-refractivity contribution >= 4 is 11.7 Å². The van der Waals surface area contributed by atoms with E-state index in [0.717, 1.165) is 21.2 Å². The predicted octanol–water partition coefficient (Wildman–Crippen LogP) is -0.521. The first-order valence-electron chi connectivity index (χ1n) is 8.75. The predicted molar refractivity (Wildman–Crippen MR) is 103 cm³/mol. The molecule has 3 rings (SSSR count). The summed E-state index contributed by atoms with van der Waals surface area (Å²) in [5.74, 6) is 1.19. The first kappa shape index (κ1) is 18.7. The first-order chi connectivity index (χ1) is 13.3. The molecule has 0 saturated heterocycles. The van der Waals surface area contributed by atoms with Crippen molar-refractivity contribution in [3.63, 3.8) is 0 Å². The van der Waals surface area contributed by atoms with Gasteiger partial charge in [0.15, 0.2) is 0 Å². The summed E-state index contributed by atoms with van der Waals surface area (Å²) in [7, 11) is 1.98. The van der Waals surface area contributed by atoms with E-state index in [1.165, 1.54) is 0 Å². The van der Waals surface area contributed by atoms with E-state index >= 15 is 0 Å². The van der Waals surface area contributed by atoms with Crippen molar-refractivity contribution in [2.45, 2.75) is 6.17 Å². The molecule has 3 unspecified atom stereocenters. The second-order valence-corrected chi connectivity index (χ2v) is 6.00. The van der Waals surface area contributed by atoms with Crippen LogP contribution in [0.2, 0.25) is 0 Å². The van der Waals surface area contributed by atoms with Gasteiger partial charge in [0.1, 0.15) is 12.7 Å². The first-order valence-corrected chi connectivity index (χ1v) is 8.75. The van der Waals surface area contributed by atoms with E-state index in [4.69, 9.17) is 0 Å². The van der Waals surface area contributed by atoms with Gasteiger partial charge in [-0.1, -0.05) is 11.2 Å². The average molecular weight is 365 g/mol. The number of likely N-dealkylation sites (N-methyl/N-ethyl adjacent to an activating group) is 1. The average Bonchev–Trinajstić information content (AvgIpc) is 2.71. The van der Waals surface area contributed by atoms with Crippen LogP contribution in [-0.4, -0.2) is 48.1 Å². The van der Waals surface area contributed by atoms with E-state index in [2.05, 4.69) is 25.4 Å². The van der Waals surface area contributed by atoms with Gasteiger partial charge in [-0.05, 0) is 36.4 Å². The maximum atomic E-state index is 9.23. The number of hydrogen-bond acceptors (Lipinski definition) is 5. The number of aromatic nitrogens is 1. The van der Waals surface area contributed by atoms with E-state index in [9.17, 15) is 5.11 Å². The monoisotopic (exact) mass is 365 g/mol. The minimum absolute atomic E-state index is 0.0768. The smallest absolute Gasteiger partial charge is 0.249 e. The lowest BCUT2D eigenvalue weighted by Gasteiger charge is -2.19. The lowest BCUT2D eigenvalue weighted by atomic mass is 10.2. The van der Waals surface area contributed by atoms with Gasteiger partial charge >= 0.3 is 0 Å². The molecule has 0 bridgehead atoms. The third kappa shape index (κ3) is 5.20. The highest BCUT2D eigenvalue weighted by Gasteiger charge is 2.18. The van der Waals surface area contributed by atoms with Gasteiger partial charge in [0, 0.05) is 24.0 Å². The number of aliphatic hydroxyl groups is 1. The van der Waals surface area contributed by atoms with Crippen LogP contribution in [0.5, 0.6) is 0 Å². The fourth-order valence-corrected chi connectivity index (χ4v) is 2.57. The van der Waals surface area contributed by atoms with Gasteiger partial charge in [-0.15, -0.1) is 15.3 Å². The highest BCUT2D eigenvalue weighted by Crippen LogP contribution is 2.04. The van der Waals surface area contributed by atoms with Crippen LogP contribution in [0.15, 0.2) is 93.8 Å². The van der Waals surface area contributed by atoms with E-state index in [-0.39, 0.29) is 12.8 Å². The number of hydrogen-bond donors (Lipinski definition) is 3. The summed E-state index contributed by atoms with van der Waals surface area (Å²) in [6.07, 6.45) is 18.7. The molecule has 8 nitrogen and oxygen atoms in total. The summed E-state index contributed by atoms with van der Waals surface area (Å²) >= 11 is 0. The van der Waals surface area contributed by atoms with Crippen LogP contribution in [0.4, 0.5) is 0 Å². The van der Waals surface area contributed by atoms with Gasteiger partial charge in [0.05, 0.1) is 19.9 Å². The van der Waals surface area contributed by atoms with Gasteiger partial charge in [0.2, 0.25) is 17.8 Å². The van der Waals surface area contributed by atoms with Gasteiger partial charge < -0.3 is 5.11 Å². The van der Waals surface area contributed by atoms with E-state index in [1.54, 1.807) is 12.4 Å². The molecule has 0 aromatic carbocycles. The Morgan fingerprint density at radius 1 is 1.15 bits per heavy atom. The maximum absolute atomic E-state index is 9.23. The number of pyridine rings is 1. The van der Waals surface area contributed by atoms with E-state index < -0.39 is 0 Å². The number of azo groups is 1. The number of nitrogens with zero attached hydrogens (tertiary/aromatic N) is 5. The maximum Gasteiger partial charge on any atom is 0.249 e. The molecule has 1 aromatic heterocycles. The molecule has 3 heterocycles. The Morgan fingerprint density at radius 2 is 1.96 bits per heavy atom. The zero-order valence-corrected chi connectivity index (χ0v) is 15.1. The summed E-state index contributed by atoms with van der Waals surface area (Å²) in [4.78, 5) is 6.08. The minimum atomic E-state index is -0.215. The molecule has 27 heavy (non-hydrogen) atoms. The van der Waals surface area contributed by atoms with Crippen LogP contribution in [0.3, 0.4) is 0 Å². The van der Waals surface area contributed by atoms with E-state index in [0.29, 0.717) is 12.4 Å². The molecule has 0 spiro atoms. The van der Waals surface area contributed by atoms with Crippen molar-refractivity contribution in [2.75, 3.05) is 20.2 Å². The number of allylic oxidation sites excluding steroid dienone is 4. The van der Waals surface area contributed by atoms with Crippen LogP contribution in [0, 0.1) is 0 Å². The second kappa shape index (κ2) is 9.58. The van der Waals surface area contributed by atoms with Crippen molar-refractivity contribution in [1.29, 1.82) is 0 Å². The highest BCUT2D eigenvalue weighted by atomic mass is 16.3. The fraction of sp³-hybridized carbons (Fsp3) is 0.211. The molecule has 0 saturated carbocycles. The molecule has 0 aliphatic carbocycles. The third-order valence-corrected chi connectivity index (χ3v) is 4.08. The van der Waals surface area contributed by atoms with Crippen LogP contribution in [0.1, 0.15) is 5.56 Å². The number of nitrogens with one attached hydrogen (secondary N) is 2. The molecule has 0 amide bonds. The molecule has 2 aliphatic heterocycles. The molecule has 1 aromatic rings. The normalized spacial score (nSPS) is 26.4. The summed E-state index contributed by atoms with van der Waals surface area (Å²) < 4.78 is 0. The third-order valence-electron chi connectivity index (χ3n) is 4.08. The van der Waals surface area contributed by atoms with Gasteiger partial charge in [-0.2, -0.15) is 0 Å². The Bertz CT molecular complexity index is 837. The van der Waals surface area contributed by atoms with Crippen molar-refractivity contribution in [2.24, 2.45) is 20.4 Å². The molecule has 138 valence electrons.